The fourth-order valence-corrected chi connectivity index (χ4v) is 1.99. The van der Waals surface area contributed by atoms with Crippen molar-refractivity contribution in [1.82, 2.24) is 0 Å². The molecule has 5 nitrogen and oxygen atoms in total. The van der Waals surface area contributed by atoms with Gasteiger partial charge in [0.1, 0.15) is 0 Å². The van der Waals surface area contributed by atoms with E-state index in [0.29, 0.717) is 11.3 Å². The maximum absolute atomic E-state index is 12.0. The Kier molecular flexibility index (Phi) is 5.14. The summed E-state index contributed by atoms with van der Waals surface area (Å²) in [6.45, 7) is 2.12. The van der Waals surface area contributed by atoms with E-state index in [1.807, 2.05) is 31.2 Å². The van der Waals surface area contributed by atoms with Crippen LogP contribution in [0.2, 0.25) is 0 Å². The molecule has 0 heterocycles. The van der Waals surface area contributed by atoms with Crippen molar-refractivity contribution in [3.8, 4) is 0 Å². The highest BCUT2D eigenvalue weighted by Gasteiger charge is 2.08. The number of nitrogens with one attached hydrogen (secondary N) is 2. The Morgan fingerprint density at radius 3 is 2.59 bits per heavy atom. The van der Waals surface area contributed by atoms with E-state index in [2.05, 4.69) is 15.4 Å². The Hall–Kier alpha value is -2.82. The van der Waals surface area contributed by atoms with Crippen LogP contribution in [0.4, 0.5) is 11.4 Å². The van der Waals surface area contributed by atoms with E-state index in [9.17, 15) is 9.59 Å². The summed E-state index contributed by atoms with van der Waals surface area (Å²) < 4.78 is 4.65. The first kappa shape index (κ1) is 15.6. The highest BCUT2D eigenvalue weighted by atomic mass is 16.5. The van der Waals surface area contributed by atoms with Crippen molar-refractivity contribution in [2.75, 3.05) is 24.3 Å². The number of ether oxygens (including phenoxy) is 1. The predicted molar refractivity (Wildman–Crippen MR) is 86.1 cm³/mol. The number of rotatable bonds is 5. The van der Waals surface area contributed by atoms with Gasteiger partial charge in [-0.3, -0.25) is 4.79 Å². The summed E-state index contributed by atoms with van der Waals surface area (Å²) in [4.78, 5) is 23.4. The first-order chi connectivity index (χ1) is 10.6. The maximum atomic E-state index is 12.0. The van der Waals surface area contributed by atoms with E-state index in [4.69, 9.17) is 0 Å². The summed E-state index contributed by atoms with van der Waals surface area (Å²) in [6, 6.07) is 14.4. The van der Waals surface area contributed by atoms with Crippen molar-refractivity contribution < 1.29 is 14.3 Å². The van der Waals surface area contributed by atoms with Crippen LogP contribution in [0, 0.1) is 6.92 Å². The normalized spacial score (nSPS) is 9.91. The van der Waals surface area contributed by atoms with E-state index in [0.717, 1.165) is 11.3 Å². The summed E-state index contributed by atoms with van der Waals surface area (Å²) in [5.41, 5.74) is 2.94. The zero-order chi connectivity index (χ0) is 15.9. The van der Waals surface area contributed by atoms with Gasteiger partial charge in [0.2, 0.25) is 5.91 Å². The number of aryl methyl sites for hydroxylation is 1. The molecule has 0 saturated carbocycles. The summed E-state index contributed by atoms with van der Waals surface area (Å²) >= 11 is 0. The summed E-state index contributed by atoms with van der Waals surface area (Å²) in [5, 5.41) is 5.82. The average molecular weight is 298 g/mol. The number of amides is 1. The summed E-state index contributed by atoms with van der Waals surface area (Å²) in [5.74, 6) is -0.626. The molecule has 0 spiro atoms. The second-order valence-corrected chi connectivity index (χ2v) is 4.79. The molecule has 22 heavy (non-hydrogen) atoms. The number of benzene rings is 2. The fourth-order valence-electron chi connectivity index (χ4n) is 1.99. The lowest BCUT2D eigenvalue weighted by Gasteiger charge is -2.10. The third kappa shape index (κ3) is 4.09. The van der Waals surface area contributed by atoms with Crippen LogP contribution < -0.4 is 10.6 Å². The van der Waals surface area contributed by atoms with Gasteiger partial charge in [-0.2, -0.15) is 0 Å². The van der Waals surface area contributed by atoms with Gasteiger partial charge in [0.05, 0.1) is 19.2 Å². The van der Waals surface area contributed by atoms with Crippen molar-refractivity contribution in [1.29, 1.82) is 0 Å². The zero-order valence-electron chi connectivity index (χ0n) is 12.6. The largest absolute Gasteiger partial charge is 0.465 e. The number of anilines is 2. The van der Waals surface area contributed by atoms with Gasteiger partial charge in [0.15, 0.2) is 0 Å². The molecule has 0 bridgehead atoms. The molecule has 5 heteroatoms. The Morgan fingerprint density at radius 2 is 1.86 bits per heavy atom. The first-order valence-corrected chi connectivity index (χ1v) is 6.88. The number of para-hydroxylation sites is 1. The first-order valence-electron chi connectivity index (χ1n) is 6.88. The van der Waals surface area contributed by atoms with Gasteiger partial charge >= 0.3 is 5.97 Å². The van der Waals surface area contributed by atoms with Crippen LogP contribution in [-0.2, 0) is 9.53 Å². The third-order valence-electron chi connectivity index (χ3n) is 3.15. The molecule has 0 aliphatic carbocycles. The van der Waals surface area contributed by atoms with Crippen LogP contribution in [0.15, 0.2) is 48.5 Å². The molecule has 0 unspecified atom stereocenters. The molecule has 2 rings (SSSR count). The van der Waals surface area contributed by atoms with Crippen molar-refractivity contribution in [3.05, 3.63) is 59.7 Å². The van der Waals surface area contributed by atoms with Gasteiger partial charge in [-0.15, -0.1) is 0 Å². The molecule has 2 aromatic rings. The smallest absolute Gasteiger partial charge is 0.337 e. The molecule has 0 saturated heterocycles. The van der Waals surface area contributed by atoms with Crippen molar-refractivity contribution in [2.45, 2.75) is 6.92 Å². The molecule has 114 valence electrons. The van der Waals surface area contributed by atoms with Crippen LogP contribution >= 0.6 is 0 Å². The van der Waals surface area contributed by atoms with E-state index in [1.54, 1.807) is 24.3 Å². The Bertz CT molecular complexity index is 683. The van der Waals surface area contributed by atoms with Crippen LogP contribution in [0.1, 0.15) is 15.9 Å². The van der Waals surface area contributed by atoms with Crippen LogP contribution in [0.25, 0.3) is 0 Å². The van der Waals surface area contributed by atoms with Gasteiger partial charge < -0.3 is 15.4 Å². The highest BCUT2D eigenvalue weighted by molar-refractivity contribution is 5.96. The van der Waals surface area contributed by atoms with Crippen LogP contribution in [0.5, 0.6) is 0 Å². The zero-order valence-corrected chi connectivity index (χ0v) is 12.6. The van der Waals surface area contributed by atoms with Crippen molar-refractivity contribution >= 4 is 23.3 Å². The Morgan fingerprint density at radius 1 is 1.09 bits per heavy atom. The van der Waals surface area contributed by atoms with E-state index < -0.39 is 5.97 Å². The van der Waals surface area contributed by atoms with Crippen LogP contribution in [0.3, 0.4) is 0 Å². The molecule has 2 aromatic carbocycles. The topological polar surface area (TPSA) is 67.4 Å². The van der Waals surface area contributed by atoms with Gasteiger partial charge in [-0.25, -0.2) is 4.79 Å². The minimum absolute atomic E-state index is 0.146. The van der Waals surface area contributed by atoms with Crippen LogP contribution in [-0.4, -0.2) is 25.5 Å². The molecule has 0 aliphatic rings. The minimum atomic E-state index is -0.436. The fraction of sp³-hybridized carbons (Fsp3) is 0.176. The lowest BCUT2D eigenvalue weighted by molar-refractivity contribution is -0.114. The summed E-state index contributed by atoms with van der Waals surface area (Å²) in [7, 11) is 1.32. The Labute approximate surface area is 129 Å². The second kappa shape index (κ2) is 7.26. The highest BCUT2D eigenvalue weighted by Crippen LogP contribution is 2.14. The van der Waals surface area contributed by atoms with Gasteiger partial charge in [-0.1, -0.05) is 24.3 Å². The van der Waals surface area contributed by atoms with Gasteiger partial charge in [-0.05, 0) is 36.8 Å². The number of carbonyl (C=O) groups excluding carboxylic acids is 2. The van der Waals surface area contributed by atoms with E-state index in [-0.39, 0.29) is 12.5 Å². The maximum Gasteiger partial charge on any atom is 0.337 e. The monoisotopic (exact) mass is 298 g/mol. The molecule has 0 radical (unpaired) electrons. The average Bonchev–Trinajstić information content (AvgIpc) is 2.53. The number of methoxy groups -OCH3 is 1. The molecular formula is C17H18N2O3. The molecule has 1 amide bonds. The molecule has 0 atom stereocenters. The van der Waals surface area contributed by atoms with Crippen molar-refractivity contribution in [3.63, 3.8) is 0 Å². The van der Waals surface area contributed by atoms with E-state index >= 15 is 0 Å². The number of hydrogen-bond acceptors (Lipinski definition) is 4. The molecule has 0 fully saturated rings. The number of carbonyl (C=O) groups is 2. The lowest BCUT2D eigenvalue weighted by Crippen LogP contribution is -2.22. The second-order valence-electron chi connectivity index (χ2n) is 4.79. The summed E-state index contributed by atoms with van der Waals surface area (Å²) in [6.07, 6.45) is 0. The number of hydrogen-bond donors (Lipinski definition) is 2. The number of esters is 1. The van der Waals surface area contributed by atoms with Gasteiger partial charge in [0, 0.05) is 11.4 Å². The van der Waals surface area contributed by atoms with Gasteiger partial charge in [0.25, 0.3) is 0 Å². The SMILES string of the molecule is COC(=O)c1cccc(NC(=O)CNc2ccccc2C)c1. The molecule has 0 aromatic heterocycles. The molecule has 2 N–H and O–H groups in total. The third-order valence-corrected chi connectivity index (χ3v) is 3.15. The standard InChI is InChI=1S/C17H18N2O3/c1-12-6-3-4-9-15(12)18-11-16(20)19-14-8-5-7-13(10-14)17(21)22-2/h3-10,18H,11H2,1-2H3,(H,19,20). The van der Waals surface area contributed by atoms with E-state index in [1.165, 1.54) is 7.11 Å². The minimum Gasteiger partial charge on any atom is -0.465 e. The van der Waals surface area contributed by atoms with Crippen molar-refractivity contribution in [2.24, 2.45) is 0 Å². The lowest BCUT2D eigenvalue weighted by atomic mass is 10.2. The molecular weight excluding hydrogens is 280 g/mol. The quantitative estimate of drug-likeness (QED) is 0.833. The molecule has 0 aliphatic heterocycles. The Balaban J connectivity index is 1.95. The predicted octanol–water partition coefficient (Wildman–Crippen LogP) is 2.83.